The highest BCUT2D eigenvalue weighted by atomic mass is 32.2. The van der Waals surface area contributed by atoms with E-state index in [0.717, 1.165) is 19.6 Å². The molecule has 2 heterocycles. The van der Waals surface area contributed by atoms with Crippen molar-refractivity contribution < 1.29 is 13.2 Å². The average molecular weight is 435 g/mol. The Kier molecular flexibility index (Phi) is 6.95. The molecule has 1 atom stereocenters. The molecular formula is C21H30N4O4S. The Labute approximate surface area is 177 Å². The molecule has 1 amide bonds. The number of fused-ring (bicyclic) bond motifs is 1. The van der Waals surface area contributed by atoms with Crippen LogP contribution in [0.1, 0.15) is 27.2 Å². The van der Waals surface area contributed by atoms with E-state index in [1.54, 1.807) is 17.0 Å². The van der Waals surface area contributed by atoms with Gasteiger partial charge in [0.15, 0.2) is 0 Å². The van der Waals surface area contributed by atoms with E-state index in [9.17, 15) is 18.0 Å². The van der Waals surface area contributed by atoms with Gasteiger partial charge in [-0.05, 0) is 48.5 Å². The monoisotopic (exact) mass is 434 g/mol. The molecular weight excluding hydrogens is 404 g/mol. The molecule has 30 heavy (non-hydrogen) atoms. The first-order valence-corrected chi connectivity index (χ1v) is 11.8. The van der Waals surface area contributed by atoms with Crippen molar-refractivity contribution in [3.63, 3.8) is 0 Å². The smallest absolute Gasteiger partial charge is 0.248 e. The lowest BCUT2D eigenvalue weighted by molar-refractivity contribution is -0.135. The molecule has 3 rings (SSSR count). The maximum absolute atomic E-state index is 13.1. The van der Waals surface area contributed by atoms with E-state index in [0.29, 0.717) is 30.4 Å². The molecule has 1 saturated heterocycles. The summed E-state index contributed by atoms with van der Waals surface area (Å²) in [7, 11) is -3.91. The highest BCUT2D eigenvalue weighted by Gasteiger charge is 2.31. The summed E-state index contributed by atoms with van der Waals surface area (Å²) in [5, 5.41) is 0.611. The summed E-state index contributed by atoms with van der Waals surface area (Å²) in [6.45, 7) is 9.77. The van der Waals surface area contributed by atoms with Crippen LogP contribution >= 0.6 is 0 Å². The number of hydrogen-bond donors (Lipinski definition) is 2. The molecule has 0 aliphatic carbocycles. The van der Waals surface area contributed by atoms with Crippen molar-refractivity contribution >= 4 is 26.8 Å². The van der Waals surface area contributed by atoms with Crippen molar-refractivity contribution in [2.24, 2.45) is 5.92 Å². The van der Waals surface area contributed by atoms with Crippen LogP contribution in [0.25, 0.3) is 10.9 Å². The number of pyridine rings is 1. The van der Waals surface area contributed by atoms with E-state index in [1.165, 1.54) is 18.2 Å². The number of carbonyl (C=O) groups excluding carboxylic acids is 1. The Hall–Kier alpha value is -2.23. The minimum atomic E-state index is -3.91. The second kappa shape index (κ2) is 9.28. The van der Waals surface area contributed by atoms with Crippen LogP contribution in [0.2, 0.25) is 0 Å². The van der Waals surface area contributed by atoms with E-state index in [-0.39, 0.29) is 22.3 Å². The van der Waals surface area contributed by atoms with Crippen LogP contribution in [0, 0.1) is 5.92 Å². The molecule has 1 aromatic carbocycles. The molecule has 1 aliphatic rings. The number of aromatic amines is 1. The second-order valence-corrected chi connectivity index (χ2v) is 9.85. The van der Waals surface area contributed by atoms with Crippen molar-refractivity contribution in [2.45, 2.75) is 38.1 Å². The fraction of sp³-hybridized carbons (Fsp3) is 0.524. The van der Waals surface area contributed by atoms with Crippen LogP contribution in [0.3, 0.4) is 0 Å². The lowest BCUT2D eigenvalue weighted by atomic mass is 10.0. The van der Waals surface area contributed by atoms with Gasteiger partial charge in [-0.1, -0.05) is 20.8 Å². The molecule has 164 valence electrons. The van der Waals surface area contributed by atoms with Crippen molar-refractivity contribution in [1.82, 2.24) is 19.5 Å². The summed E-state index contributed by atoms with van der Waals surface area (Å²) in [6, 6.07) is 6.63. The first kappa shape index (κ1) is 22.5. The molecule has 1 aliphatic heterocycles. The number of sulfonamides is 1. The molecule has 0 unspecified atom stereocenters. The SMILES string of the molecule is CCN1CCN(C(=O)[C@@H](CC(C)C)NS(=O)(=O)c2ccc3[nH]c(=O)ccc3c2)CC1. The van der Waals surface area contributed by atoms with E-state index in [2.05, 4.69) is 21.5 Å². The maximum atomic E-state index is 13.1. The normalized spacial score (nSPS) is 16.9. The third kappa shape index (κ3) is 5.27. The zero-order valence-electron chi connectivity index (χ0n) is 17.7. The summed E-state index contributed by atoms with van der Waals surface area (Å²) in [5.41, 5.74) is 0.312. The van der Waals surface area contributed by atoms with Gasteiger partial charge in [-0.25, -0.2) is 8.42 Å². The lowest BCUT2D eigenvalue weighted by Crippen LogP contribution is -2.55. The molecule has 1 aromatic heterocycles. The molecule has 9 heteroatoms. The van der Waals surface area contributed by atoms with Crippen molar-refractivity contribution in [3.8, 4) is 0 Å². The van der Waals surface area contributed by atoms with E-state index < -0.39 is 16.1 Å². The predicted molar refractivity (Wildman–Crippen MR) is 117 cm³/mol. The van der Waals surface area contributed by atoms with Gasteiger partial charge in [0.1, 0.15) is 6.04 Å². The fourth-order valence-electron chi connectivity index (χ4n) is 3.73. The highest BCUT2D eigenvalue weighted by molar-refractivity contribution is 7.89. The molecule has 1 fully saturated rings. The number of nitrogens with one attached hydrogen (secondary N) is 2. The van der Waals surface area contributed by atoms with Gasteiger partial charge in [0.25, 0.3) is 0 Å². The number of likely N-dealkylation sites (N-methyl/N-ethyl adjacent to an activating group) is 1. The highest BCUT2D eigenvalue weighted by Crippen LogP contribution is 2.19. The number of piperazine rings is 1. The summed E-state index contributed by atoms with van der Waals surface area (Å²) < 4.78 is 28.8. The zero-order chi connectivity index (χ0) is 21.9. The standard InChI is InChI=1S/C21H30N4O4S/c1-4-24-9-11-25(12-10-24)21(27)19(13-15(2)3)23-30(28,29)17-6-7-18-16(14-17)5-8-20(26)22-18/h5-8,14-15,19,23H,4,9-13H2,1-3H3,(H,22,26)/t19-/m1/s1. The number of nitrogens with zero attached hydrogens (tertiary/aromatic N) is 2. The lowest BCUT2D eigenvalue weighted by Gasteiger charge is -2.36. The molecule has 2 aromatic rings. The molecule has 8 nitrogen and oxygen atoms in total. The molecule has 0 bridgehead atoms. The first-order chi connectivity index (χ1) is 14.2. The largest absolute Gasteiger partial charge is 0.339 e. The summed E-state index contributed by atoms with van der Waals surface area (Å²) >= 11 is 0. The Bertz CT molecular complexity index is 1060. The number of H-pyrrole nitrogens is 1. The van der Waals surface area contributed by atoms with Crippen LogP contribution in [-0.4, -0.2) is 67.9 Å². The van der Waals surface area contributed by atoms with E-state index in [1.807, 2.05) is 13.8 Å². The predicted octanol–water partition coefficient (Wildman–Crippen LogP) is 1.39. The van der Waals surface area contributed by atoms with Gasteiger partial charge < -0.3 is 14.8 Å². The van der Waals surface area contributed by atoms with Gasteiger partial charge in [0.05, 0.1) is 4.90 Å². The number of hydrogen-bond acceptors (Lipinski definition) is 5. The summed E-state index contributed by atoms with van der Waals surface area (Å²) in [6.07, 6.45) is 0.424. The van der Waals surface area contributed by atoms with Crippen LogP contribution in [0.4, 0.5) is 0 Å². The Balaban J connectivity index is 1.82. The summed E-state index contributed by atoms with van der Waals surface area (Å²) in [5.74, 6) is -0.0200. The molecule has 2 N–H and O–H groups in total. The number of aromatic nitrogens is 1. The van der Waals surface area contributed by atoms with Crippen molar-refractivity contribution in [2.75, 3.05) is 32.7 Å². The number of rotatable bonds is 7. The van der Waals surface area contributed by atoms with Crippen LogP contribution in [0.5, 0.6) is 0 Å². The average Bonchev–Trinajstić information content (AvgIpc) is 2.71. The Morgan fingerprint density at radius 2 is 1.83 bits per heavy atom. The fourth-order valence-corrected chi connectivity index (χ4v) is 4.97. The summed E-state index contributed by atoms with van der Waals surface area (Å²) in [4.78, 5) is 31.3. The molecule has 0 spiro atoms. The van der Waals surface area contributed by atoms with Gasteiger partial charge in [0, 0.05) is 37.8 Å². The molecule has 0 radical (unpaired) electrons. The Morgan fingerprint density at radius 3 is 2.47 bits per heavy atom. The number of amides is 1. The maximum Gasteiger partial charge on any atom is 0.248 e. The molecule has 0 saturated carbocycles. The quantitative estimate of drug-likeness (QED) is 0.686. The zero-order valence-corrected chi connectivity index (χ0v) is 18.5. The van der Waals surface area contributed by atoms with Gasteiger partial charge >= 0.3 is 0 Å². The third-order valence-electron chi connectivity index (χ3n) is 5.44. The second-order valence-electron chi connectivity index (χ2n) is 8.13. The topological polar surface area (TPSA) is 103 Å². The number of carbonyl (C=O) groups is 1. The Morgan fingerprint density at radius 1 is 1.13 bits per heavy atom. The van der Waals surface area contributed by atoms with Gasteiger partial charge in [-0.3, -0.25) is 9.59 Å². The van der Waals surface area contributed by atoms with E-state index >= 15 is 0 Å². The minimum Gasteiger partial charge on any atom is -0.339 e. The van der Waals surface area contributed by atoms with Gasteiger partial charge in [-0.2, -0.15) is 4.72 Å². The third-order valence-corrected chi connectivity index (χ3v) is 6.91. The van der Waals surface area contributed by atoms with Crippen LogP contribution in [0.15, 0.2) is 40.0 Å². The van der Waals surface area contributed by atoms with Crippen LogP contribution in [-0.2, 0) is 14.8 Å². The van der Waals surface area contributed by atoms with Crippen molar-refractivity contribution in [1.29, 1.82) is 0 Å². The van der Waals surface area contributed by atoms with Crippen molar-refractivity contribution in [3.05, 3.63) is 40.7 Å². The van der Waals surface area contributed by atoms with Crippen LogP contribution < -0.4 is 10.3 Å². The van der Waals surface area contributed by atoms with E-state index in [4.69, 9.17) is 0 Å². The first-order valence-electron chi connectivity index (χ1n) is 10.4. The number of benzene rings is 1. The van der Waals surface area contributed by atoms with Gasteiger partial charge in [0.2, 0.25) is 21.5 Å². The van der Waals surface area contributed by atoms with Gasteiger partial charge in [-0.15, -0.1) is 0 Å². The minimum absolute atomic E-state index is 0.0689.